The molecule has 0 heterocycles. The number of imide groups is 1. The van der Waals surface area contributed by atoms with Crippen LogP contribution in [-0.4, -0.2) is 42.4 Å². The third-order valence-electron chi connectivity index (χ3n) is 6.18. The maximum absolute atomic E-state index is 13.2. The monoisotopic (exact) mass is 581 g/mol. The normalized spacial score (nSPS) is 12.8. The Balaban J connectivity index is 0.00000722. The third-order valence-corrected chi connectivity index (χ3v) is 6.18. The predicted molar refractivity (Wildman–Crippen MR) is 163 cm³/mol. The molecule has 0 bridgehead atoms. The Labute approximate surface area is 245 Å². The summed E-state index contributed by atoms with van der Waals surface area (Å²) >= 11 is 0. The van der Waals surface area contributed by atoms with Crippen molar-refractivity contribution in [2.75, 3.05) is 12.3 Å². The van der Waals surface area contributed by atoms with Gasteiger partial charge in [0.15, 0.2) is 0 Å². The first-order valence-corrected chi connectivity index (χ1v) is 13.2. The minimum Gasteiger partial charge on any atom is -0.399 e. The number of hydrogen-bond donors (Lipinski definition) is 5. The van der Waals surface area contributed by atoms with Crippen LogP contribution in [0.25, 0.3) is 0 Å². The molecule has 0 aromatic heterocycles. The molecule has 2 aromatic carbocycles. The first-order valence-electron chi connectivity index (χ1n) is 13.2. The summed E-state index contributed by atoms with van der Waals surface area (Å²) in [7, 11) is 0. The summed E-state index contributed by atoms with van der Waals surface area (Å²) in [4.78, 5) is 39.1. The summed E-state index contributed by atoms with van der Waals surface area (Å²) in [6.45, 7) is 6.68. The van der Waals surface area contributed by atoms with E-state index in [2.05, 4.69) is 16.0 Å². The summed E-state index contributed by atoms with van der Waals surface area (Å²) < 4.78 is 0. The van der Waals surface area contributed by atoms with E-state index >= 15 is 0 Å². The molecule has 0 saturated heterocycles. The predicted octanol–water partition coefficient (Wildman–Crippen LogP) is 3.55. The smallest absolute Gasteiger partial charge is 0.249 e. The van der Waals surface area contributed by atoms with Gasteiger partial charge >= 0.3 is 0 Å². The zero-order valence-electron chi connectivity index (χ0n) is 23.2. The molecule has 0 aliphatic rings. The molecule has 8 nitrogen and oxygen atoms in total. The lowest BCUT2D eigenvalue weighted by atomic mass is 10.0. The van der Waals surface area contributed by atoms with Gasteiger partial charge in [0.2, 0.25) is 17.7 Å². The number of nitrogens with one attached hydrogen (secondary N) is 3. The molecular formula is C29H45Cl2N5O3. The Kier molecular flexibility index (Phi) is 18.1. The van der Waals surface area contributed by atoms with Crippen molar-refractivity contribution in [3.63, 3.8) is 0 Å². The van der Waals surface area contributed by atoms with Crippen molar-refractivity contribution in [2.24, 2.45) is 11.7 Å². The van der Waals surface area contributed by atoms with Crippen LogP contribution in [0.4, 0.5) is 5.69 Å². The second-order valence-corrected chi connectivity index (χ2v) is 9.98. The van der Waals surface area contributed by atoms with Crippen molar-refractivity contribution in [1.82, 2.24) is 16.0 Å². The summed E-state index contributed by atoms with van der Waals surface area (Å²) in [6, 6.07) is 14.9. The van der Waals surface area contributed by atoms with Crippen molar-refractivity contribution in [1.29, 1.82) is 0 Å². The van der Waals surface area contributed by atoms with Gasteiger partial charge in [0.05, 0.1) is 12.1 Å². The largest absolute Gasteiger partial charge is 0.399 e. The zero-order chi connectivity index (χ0) is 27.2. The Hall–Kier alpha value is -2.65. The number of nitrogen functional groups attached to an aromatic ring is 1. The standard InChI is InChI=1S/C29H43N5O3.2ClH/c1-4-5-11-24(31)27(35)33-26(19-22-12-14-23(30)15-13-22)29(37)34-28(36)25(18-20(2)3)32-17-16-21-9-7-6-8-10-21;;/h6-10,12-15,20,24-26,32H,4-5,11,16-19,30-31H2,1-3H3,(H,33,35)(H,34,36,37);2*1H/t24-,25-,26-;;/m0../s1. The molecule has 39 heavy (non-hydrogen) atoms. The fourth-order valence-electron chi connectivity index (χ4n) is 4.02. The third kappa shape index (κ3) is 13.8. The van der Waals surface area contributed by atoms with Crippen molar-refractivity contribution in [3.8, 4) is 0 Å². The van der Waals surface area contributed by atoms with Crippen LogP contribution in [0, 0.1) is 5.92 Å². The topological polar surface area (TPSA) is 139 Å². The average molecular weight is 583 g/mol. The van der Waals surface area contributed by atoms with Gasteiger partial charge in [-0.2, -0.15) is 0 Å². The lowest BCUT2D eigenvalue weighted by Gasteiger charge is -2.23. The highest BCUT2D eigenvalue weighted by atomic mass is 35.5. The van der Waals surface area contributed by atoms with E-state index < -0.39 is 35.8 Å². The van der Waals surface area contributed by atoms with Crippen LogP contribution in [0.15, 0.2) is 54.6 Å². The van der Waals surface area contributed by atoms with Gasteiger partial charge in [0.25, 0.3) is 0 Å². The van der Waals surface area contributed by atoms with E-state index in [1.807, 2.05) is 51.1 Å². The fraction of sp³-hybridized carbons (Fsp3) is 0.483. The second kappa shape index (κ2) is 19.4. The lowest BCUT2D eigenvalue weighted by molar-refractivity contribution is -0.135. The number of unbranched alkanes of at least 4 members (excludes halogenated alkanes) is 1. The molecule has 3 amide bonds. The van der Waals surface area contributed by atoms with Crippen LogP contribution >= 0.6 is 24.8 Å². The quantitative estimate of drug-likeness (QED) is 0.204. The van der Waals surface area contributed by atoms with Crippen molar-refractivity contribution < 1.29 is 14.4 Å². The number of anilines is 1. The summed E-state index contributed by atoms with van der Waals surface area (Å²) in [5.41, 5.74) is 14.4. The molecule has 0 radical (unpaired) electrons. The Bertz CT molecular complexity index is 990. The number of nitrogens with two attached hydrogens (primary N) is 2. The molecule has 2 rings (SSSR count). The van der Waals surface area contributed by atoms with Crippen LogP contribution in [-0.2, 0) is 27.2 Å². The maximum atomic E-state index is 13.2. The minimum atomic E-state index is -0.947. The van der Waals surface area contributed by atoms with E-state index in [0.29, 0.717) is 25.1 Å². The number of benzene rings is 2. The van der Waals surface area contributed by atoms with E-state index in [-0.39, 0.29) is 37.2 Å². The Morgan fingerprint density at radius 2 is 1.46 bits per heavy atom. The Morgan fingerprint density at radius 3 is 2.05 bits per heavy atom. The number of rotatable bonds is 15. The van der Waals surface area contributed by atoms with Crippen molar-refractivity contribution >= 4 is 48.2 Å². The molecule has 0 spiro atoms. The molecule has 0 aliphatic heterocycles. The van der Waals surface area contributed by atoms with E-state index in [1.54, 1.807) is 24.3 Å². The number of hydrogen-bond acceptors (Lipinski definition) is 6. The molecule has 0 aliphatic carbocycles. The highest BCUT2D eigenvalue weighted by Gasteiger charge is 2.28. The van der Waals surface area contributed by atoms with Gasteiger partial charge in [0.1, 0.15) is 6.04 Å². The van der Waals surface area contributed by atoms with Gasteiger partial charge in [-0.1, -0.05) is 76.1 Å². The maximum Gasteiger partial charge on any atom is 0.249 e. The molecule has 0 saturated carbocycles. The van der Waals surface area contributed by atoms with Gasteiger partial charge in [-0.25, -0.2) is 0 Å². The number of halogens is 2. The SMILES string of the molecule is CCCC[C@H](N)C(=O)N[C@@H](Cc1ccc(N)cc1)C(=O)NC(=O)[C@H](CC(C)C)NCCc1ccccc1.Cl.Cl. The summed E-state index contributed by atoms with van der Waals surface area (Å²) in [6.07, 6.45) is 3.81. The first kappa shape index (κ1) is 36.4. The first-order chi connectivity index (χ1) is 17.7. The van der Waals surface area contributed by atoms with Crippen LogP contribution in [0.1, 0.15) is 57.6 Å². The van der Waals surface area contributed by atoms with Gasteiger partial charge < -0.3 is 22.1 Å². The molecule has 10 heteroatoms. The molecule has 218 valence electrons. The molecule has 0 unspecified atom stereocenters. The zero-order valence-corrected chi connectivity index (χ0v) is 24.8. The van der Waals surface area contributed by atoms with Gasteiger partial charge in [-0.15, -0.1) is 24.8 Å². The molecule has 7 N–H and O–H groups in total. The van der Waals surface area contributed by atoms with E-state index in [4.69, 9.17) is 11.5 Å². The van der Waals surface area contributed by atoms with Crippen LogP contribution < -0.4 is 27.4 Å². The Morgan fingerprint density at radius 1 is 0.846 bits per heavy atom. The van der Waals surface area contributed by atoms with Gasteiger partial charge in [0, 0.05) is 12.1 Å². The molecular weight excluding hydrogens is 537 g/mol. The van der Waals surface area contributed by atoms with Crippen molar-refractivity contribution in [3.05, 3.63) is 65.7 Å². The number of carbonyl (C=O) groups excluding carboxylic acids is 3. The van der Waals surface area contributed by atoms with Crippen molar-refractivity contribution in [2.45, 2.75) is 77.4 Å². The summed E-state index contributed by atoms with van der Waals surface area (Å²) in [5, 5.41) is 8.59. The van der Waals surface area contributed by atoms with E-state index in [9.17, 15) is 14.4 Å². The molecule has 2 aromatic rings. The van der Waals surface area contributed by atoms with E-state index in [0.717, 1.165) is 24.8 Å². The average Bonchev–Trinajstić information content (AvgIpc) is 2.87. The van der Waals surface area contributed by atoms with Crippen LogP contribution in [0.3, 0.4) is 0 Å². The van der Waals surface area contributed by atoms with Gasteiger partial charge in [-0.05, 0) is 55.0 Å². The minimum absolute atomic E-state index is 0. The highest BCUT2D eigenvalue weighted by Crippen LogP contribution is 2.10. The highest BCUT2D eigenvalue weighted by molar-refractivity contribution is 6.01. The van der Waals surface area contributed by atoms with Crippen LogP contribution in [0.5, 0.6) is 0 Å². The number of carbonyl (C=O) groups is 3. The van der Waals surface area contributed by atoms with E-state index in [1.165, 1.54) is 5.56 Å². The van der Waals surface area contributed by atoms with Gasteiger partial charge in [-0.3, -0.25) is 19.7 Å². The van der Waals surface area contributed by atoms with Crippen LogP contribution in [0.2, 0.25) is 0 Å². The summed E-state index contributed by atoms with van der Waals surface area (Å²) in [5.74, 6) is -1.12. The number of amides is 3. The molecule has 0 fully saturated rings. The molecule has 3 atom stereocenters. The fourth-order valence-corrected chi connectivity index (χ4v) is 4.02. The lowest BCUT2D eigenvalue weighted by Crippen LogP contribution is -2.56. The second-order valence-electron chi connectivity index (χ2n) is 9.98.